The van der Waals surface area contributed by atoms with Crippen molar-refractivity contribution in [1.29, 1.82) is 0 Å². The topological polar surface area (TPSA) is 35.5 Å². The van der Waals surface area contributed by atoms with Crippen LogP contribution in [0.25, 0.3) is 0 Å². The molecule has 1 atom stereocenters. The fourth-order valence-electron chi connectivity index (χ4n) is 1.65. The van der Waals surface area contributed by atoms with Crippen molar-refractivity contribution in [2.45, 2.75) is 39.9 Å². The molecule has 3 heteroatoms. The van der Waals surface area contributed by atoms with Crippen molar-refractivity contribution in [2.75, 3.05) is 13.2 Å². The van der Waals surface area contributed by atoms with Crippen molar-refractivity contribution in [1.82, 2.24) is 0 Å². The number of ether oxygens (including phenoxy) is 2. The maximum absolute atomic E-state index is 11.4. The van der Waals surface area contributed by atoms with E-state index in [2.05, 4.69) is 13.8 Å². The summed E-state index contributed by atoms with van der Waals surface area (Å²) < 4.78 is 10.7. The van der Waals surface area contributed by atoms with Crippen molar-refractivity contribution < 1.29 is 14.3 Å². The number of hydrogen-bond acceptors (Lipinski definition) is 3. The molecule has 0 spiro atoms. The van der Waals surface area contributed by atoms with E-state index in [9.17, 15) is 4.79 Å². The highest BCUT2D eigenvalue weighted by atomic mass is 16.7. The lowest BCUT2D eigenvalue weighted by molar-refractivity contribution is -0.138. The van der Waals surface area contributed by atoms with E-state index < -0.39 is 0 Å². The first kappa shape index (κ1) is 11.7. The van der Waals surface area contributed by atoms with Crippen LogP contribution in [0, 0.1) is 11.8 Å². The first-order valence-corrected chi connectivity index (χ1v) is 5.35. The molecule has 0 saturated carbocycles. The summed E-state index contributed by atoms with van der Waals surface area (Å²) >= 11 is 0. The maximum Gasteiger partial charge on any atom is 0.167 e. The van der Waals surface area contributed by atoms with Gasteiger partial charge in [0, 0.05) is 0 Å². The number of hydrogen-bond donors (Lipinski definition) is 0. The molecule has 1 saturated heterocycles. The predicted molar refractivity (Wildman–Crippen MR) is 53.9 cm³/mol. The Balaban J connectivity index is 2.42. The van der Waals surface area contributed by atoms with E-state index in [0.29, 0.717) is 19.1 Å². The smallest absolute Gasteiger partial charge is 0.167 e. The summed E-state index contributed by atoms with van der Waals surface area (Å²) in [6.45, 7) is 7.18. The molecule has 82 valence electrons. The van der Waals surface area contributed by atoms with Crippen LogP contribution in [0.1, 0.15) is 33.6 Å². The lowest BCUT2D eigenvalue weighted by atomic mass is 9.94. The van der Waals surface area contributed by atoms with Crippen molar-refractivity contribution in [2.24, 2.45) is 11.8 Å². The van der Waals surface area contributed by atoms with Crippen LogP contribution in [-0.2, 0) is 14.3 Å². The molecule has 0 N–H and O–H groups in total. The third-order valence-electron chi connectivity index (χ3n) is 2.55. The van der Waals surface area contributed by atoms with Gasteiger partial charge in [0.05, 0.1) is 19.1 Å². The lowest BCUT2D eigenvalue weighted by Crippen LogP contribution is -2.27. The predicted octanol–water partition coefficient (Wildman–Crippen LogP) is 2.00. The molecule has 0 aromatic heterocycles. The maximum atomic E-state index is 11.4. The van der Waals surface area contributed by atoms with Crippen LogP contribution in [-0.4, -0.2) is 25.3 Å². The van der Waals surface area contributed by atoms with E-state index >= 15 is 0 Å². The van der Waals surface area contributed by atoms with Gasteiger partial charge in [-0.3, -0.25) is 4.79 Å². The van der Waals surface area contributed by atoms with Gasteiger partial charge in [-0.15, -0.1) is 0 Å². The normalized spacial score (nSPS) is 20.3. The Morgan fingerprint density at radius 2 is 1.86 bits per heavy atom. The van der Waals surface area contributed by atoms with Gasteiger partial charge < -0.3 is 9.47 Å². The Kier molecular flexibility index (Phi) is 4.55. The first-order chi connectivity index (χ1) is 6.61. The van der Waals surface area contributed by atoms with Crippen molar-refractivity contribution in [3.63, 3.8) is 0 Å². The Bertz CT molecular complexity index is 183. The third-order valence-corrected chi connectivity index (χ3v) is 2.55. The van der Waals surface area contributed by atoms with Gasteiger partial charge in [0.2, 0.25) is 0 Å². The Labute approximate surface area is 85.8 Å². The fraction of sp³-hybridized carbons (Fsp3) is 0.909. The Hall–Kier alpha value is -0.410. The van der Waals surface area contributed by atoms with E-state index in [1.807, 2.05) is 0 Å². The van der Waals surface area contributed by atoms with E-state index in [0.717, 1.165) is 12.8 Å². The van der Waals surface area contributed by atoms with Crippen LogP contribution in [0.4, 0.5) is 0 Å². The summed E-state index contributed by atoms with van der Waals surface area (Å²) in [4.78, 5) is 11.4. The molecule has 0 aromatic rings. The molecule has 0 aliphatic carbocycles. The van der Waals surface area contributed by atoms with E-state index in [1.165, 1.54) is 0 Å². The summed E-state index contributed by atoms with van der Waals surface area (Å²) in [5.41, 5.74) is 0. The minimum absolute atomic E-state index is 0.0695. The SMILES string of the molecule is CC(=O)C(CCC(C)C)C1OCCO1. The van der Waals surface area contributed by atoms with Crippen LogP contribution in [0.3, 0.4) is 0 Å². The van der Waals surface area contributed by atoms with Crippen molar-refractivity contribution in [3.05, 3.63) is 0 Å². The average Bonchev–Trinajstić information content (AvgIpc) is 2.56. The molecule has 1 aliphatic heterocycles. The van der Waals surface area contributed by atoms with Gasteiger partial charge >= 0.3 is 0 Å². The number of carbonyl (C=O) groups excluding carboxylic acids is 1. The molecular formula is C11H20O3. The summed E-state index contributed by atoms with van der Waals surface area (Å²) in [6, 6.07) is 0. The second-order valence-corrected chi connectivity index (χ2v) is 4.30. The molecule has 1 fully saturated rings. The van der Waals surface area contributed by atoms with Crippen LogP contribution < -0.4 is 0 Å². The van der Waals surface area contributed by atoms with Gasteiger partial charge in [0.15, 0.2) is 6.29 Å². The van der Waals surface area contributed by atoms with Crippen molar-refractivity contribution in [3.8, 4) is 0 Å². The zero-order chi connectivity index (χ0) is 10.6. The van der Waals surface area contributed by atoms with Crippen LogP contribution in [0.2, 0.25) is 0 Å². The molecule has 14 heavy (non-hydrogen) atoms. The number of Topliss-reactive ketones (excluding diaryl/α,β-unsaturated/α-hetero) is 1. The average molecular weight is 200 g/mol. The highest BCUT2D eigenvalue weighted by molar-refractivity contribution is 5.78. The monoisotopic (exact) mass is 200 g/mol. The molecule has 1 unspecified atom stereocenters. The van der Waals surface area contributed by atoms with Crippen LogP contribution in [0.5, 0.6) is 0 Å². The molecule has 1 rings (SSSR count). The number of rotatable bonds is 5. The molecule has 0 radical (unpaired) electrons. The van der Waals surface area contributed by atoms with E-state index in [1.54, 1.807) is 6.92 Å². The van der Waals surface area contributed by atoms with Gasteiger partial charge in [0.1, 0.15) is 5.78 Å². The second kappa shape index (κ2) is 5.47. The second-order valence-electron chi connectivity index (χ2n) is 4.30. The molecule has 1 heterocycles. The minimum Gasteiger partial charge on any atom is -0.349 e. The van der Waals surface area contributed by atoms with Gasteiger partial charge in [-0.1, -0.05) is 20.3 Å². The fourth-order valence-corrected chi connectivity index (χ4v) is 1.65. The molecule has 3 nitrogen and oxygen atoms in total. The molecule has 0 bridgehead atoms. The summed E-state index contributed by atoms with van der Waals surface area (Å²) in [7, 11) is 0. The van der Waals surface area contributed by atoms with Crippen LogP contribution >= 0.6 is 0 Å². The van der Waals surface area contributed by atoms with Crippen molar-refractivity contribution >= 4 is 5.78 Å². The summed E-state index contributed by atoms with van der Waals surface area (Å²) in [5, 5.41) is 0. The largest absolute Gasteiger partial charge is 0.349 e. The zero-order valence-electron chi connectivity index (χ0n) is 9.29. The highest BCUT2D eigenvalue weighted by Gasteiger charge is 2.29. The van der Waals surface area contributed by atoms with Gasteiger partial charge in [0.25, 0.3) is 0 Å². The molecule has 1 aliphatic rings. The summed E-state index contributed by atoms with van der Waals surface area (Å²) in [5.74, 6) is 0.732. The highest BCUT2D eigenvalue weighted by Crippen LogP contribution is 2.22. The third kappa shape index (κ3) is 3.39. The quantitative estimate of drug-likeness (QED) is 0.681. The standard InChI is InChI=1S/C11H20O3/c1-8(2)4-5-10(9(3)12)11-13-6-7-14-11/h8,10-11H,4-7H2,1-3H3. The number of ketones is 1. The van der Waals surface area contributed by atoms with E-state index in [4.69, 9.17) is 9.47 Å². The van der Waals surface area contributed by atoms with Gasteiger partial charge in [-0.2, -0.15) is 0 Å². The Morgan fingerprint density at radius 1 is 1.29 bits per heavy atom. The minimum atomic E-state index is -0.286. The number of carbonyl (C=O) groups is 1. The zero-order valence-corrected chi connectivity index (χ0v) is 9.29. The van der Waals surface area contributed by atoms with Crippen LogP contribution in [0.15, 0.2) is 0 Å². The van der Waals surface area contributed by atoms with Gasteiger partial charge in [-0.05, 0) is 19.3 Å². The van der Waals surface area contributed by atoms with Gasteiger partial charge in [-0.25, -0.2) is 0 Å². The molecule has 0 aromatic carbocycles. The lowest BCUT2D eigenvalue weighted by Gasteiger charge is -2.20. The van der Waals surface area contributed by atoms with E-state index in [-0.39, 0.29) is 18.0 Å². The molecular weight excluding hydrogens is 180 g/mol. The molecule has 0 amide bonds. The first-order valence-electron chi connectivity index (χ1n) is 5.35. The summed E-state index contributed by atoms with van der Waals surface area (Å²) in [6.07, 6.45) is 1.64. The Morgan fingerprint density at radius 3 is 2.29 bits per heavy atom.